The van der Waals surface area contributed by atoms with Crippen molar-refractivity contribution in [2.24, 2.45) is 0 Å². The summed E-state index contributed by atoms with van der Waals surface area (Å²) in [5, 5.41) is 17.1. The van der Waals surface area contributed by atoms with E-state index in [1.165, 1.54) is 0 Å². The van der Waals surface area contributed by atoms with E-state index in [2.05, 4.69) is 30.4 Å². The van der Waals surface area contributed by atoms with Crippen LogP contribution in [0.15, 0.2) is 65.5 Å². The van der Waals surface area contributed by atoms with Crippen molar-refractivity contribution in [3.63, 3.8) is 0 Å². The van der Waals surface area contributed by atoms with Crippen molar-refractivity contribution in [1.82, 2.24) is 34.9 Å². The summed E-state index contributed by atoms with van der Waals surface area (Å²) in [4.78, 5) is 8.48. The van der Waals surface area contributed by atoms with Crippen molar-refractivity contribution in [3.8, 4) is 34.6 Å². The van der Waals surface area contributed by atoms with E-state index in [0.29, 0.717) is 17.5 Å². The second-order valence-electron chi connectivity index (χ2n) is 8.02. The van der Waals surface area contributed by atoms with E-state index in [1.807, 2.05) is 80.9 Å². The highest BCUT2D eigenvalue weighted by atomic mass is 16.6. The molecule has 1 aromatic carbocycles. The van der Waals surface area contributed by atoms with Crippen LogP contribution < -0.4 is 4.74 Å². The molecule has 0 aliphatic rings. The molecule has 0 aliphatic heterocycles. The van der Waals surface area contributed by atoms with Gasteiger partial charge >= 0.3 is 6.08 Å². The molecule has 9 nitrogen and oxygen atoms in total. The minimum absolute atomic E-state index is 0.0454. The van der Waals surface area contributed by atoms with Gasteiger partial charge in [-0.2, -0.15) is 0 Å². The number of para-hydroxylation sites is 1. The van der Waals surface area contributed by atoms with Crippen LogP contribution in [-0.4, -0.2) is 34.9 Å². The van der Waals surface area contributed by atoms with Gasteiger partial charge < -0.3 is 9.15 Å². The lowest BCUT2D eigenvalue weighted by atomic mass is 10.1. The Morgan fingerprint density at radius 3 is 2.50 bits per heavy atom. The number of nitrogens with zero attached hydrogens (tertiary/aromatic N) is 7. The van der Waals surface area contributed by atoms with Crippen LogP contribution in [0.2, 0.25) is 0 Å². The molecule has 4 aromatic heterocycles. The predicted molar refractivity (Wildman–Crippen MR) is 125 cm³/mol. The summed E-state index contributed by atoms with van der Waals surface area (Å²) in [6, 6.07) is 13.8. The summed E-state index contributed by atoms with van der Waals surface area (Å²) in [7, 11) is 0. The number of hydrogen-bond acceptors (Lipinski definition) is 8. The third-order valence-electron chi connectivity index (χ3n) is 5.51. The molecule has 0 spiro atoms. The van der Waals surface area contributed by atoms with Crippen LogP contribution in [0, 0.1) is 20.8 Å². The van der Waals surface area contributed by atoms with Gasteiger partial charge in [-0.1, -0.05) is 23.3 Å². The van der Waals surface area contributed by atoms with Gasteiger partial charge in [0.1, 0.15) is 0 Å². The van der Waals surface area contributed by atoms with Crippen LogP contribution in [0.3, 0.4) is 0 Å². The summed E-state index contributed by atoms with van der Waals surface area (Å²) in [6.07, 6.45) is 4.77. The Balaban J connectivity index is 1.52. The summed E-state index contributed by atoms with van der Waals surface area (Å²) in [5.74, 6) is 1.65. The Morgan fingerprint density at radius 1 is 0.882 bits per heavy atom. The molecule has 0 N–H and O–H groups in total. The van der Waals surface area contributed by atoms with Crippen molar-refractivity contribution in [1.29, 1.82) is 0 Å². The molecule has 34 heavy (non-hydrogen) atoms. The third-order valence-corrected chi connectivity index (χ3v) is 5.51. The minimum Gasteiger partial charge on any atom is -0.438 e. The average molecular weight is 454 g/mol. The molecule has 0 saturated carbocycles. The second kappa shape index (κ2) is 8.86. The Bertz CT molecular complexity index is 1440. The Morgan fingerprint density at radius 2 is 1.74 bits per heavy atom. The molecule has 5 rings (SSSR count). The molecule has 0 aliphatic carbocycles. The van der Waals surface area contributed by atoms with Crippen LogP contribution >= 0.6 is 0 Å². The first-order chi connectivity index (χ1) is 16.5. The fourth-order valence-electron chi connectivity index (χ4n) is 3.68. The Kier molecular flexibility index (Phi) is 5.59. The van der Waals surface area contributed by atoms with E-state index in [4.69, 9.17) is 9.15 Å². The van der Waals surface area contributed by atoms with Gasteiger partial charge in [-0.15, -0.1) is 15.3 Å². The maximum absolute atomic E-state index is 6.01. The molecule has 4 heterocycles. The Hall–Kier alpha value is -4.40. The number of ether oxygens (including phenoxy) is 1. The van der Waals surface area contributed by atoms with Gasteiger partial charge in [0.2, 0.25) is 0 Å². The molecule has 0 bridgehead atoms. The molecule has 170 valence electrons. The van der Waals surface area contributed by atoms with Crippen molar-refractivity contribution < 1.29 is 9.15 Å². The first kappa shape index (κ1) is 21.4. The molecule has 0 fully saturated rings. The molecule has 9 heteroatoms. The zero-order valence-electron chi connectivity index (χ0n) is 19.3. The number of aromatic nitrogens is 7. The summed E-state index contributed by atoms with van der Waals surface area (Å²) >= 11 is 0. The number of aryl methyl sites for hydroxylation is 3. The largest absolute Gasteiger partial charge is 0.438 e. The molecule has 0 radical (unpaired) electrons. The molecular weight excluding hydrogens is 430 g/mol. The molecule has 0 amide bonds. The molecule has 1 atom stereocenters. The Labute approximate surface area is 196 Å². The van der Waals surface area contributed by atoms with E-state index in [9.17, 15) is 0 Å². The van der Waals surface area contributed by atoms with Gasteiger partial charge in [-0.05, 0) is 63.1 Å². The lowest BCUT2D eigenvalue weighted by molar-refractivity contribution is 0.155. The monoisotopic (exact) mass is 453 g/mol. The fourth-order valence-corrected chi connectivity index (χ4v) is 3.68. The van der Waals surface area contributed by atoms with Gasteiger partial charge in [0.25, 0.3) is 5.89 Å². The van der Waals surface area contributed by atoms with E-state index in [-0.39, 0.29) is 6.08 Å². The number of hydrogen-bond donors (Lipinski definition) is 0. The fraction of sp³-hybridized carbons (Fsp3) is 0.200. The molecule has 1 unspecified atom stereocenters. The van der Waals surface area contributed by atoms with Crippen molar-refractivity contribution in [2.75, 3.05) is 0 Å². The van der Waals surface area contributed by atoms with Gasteiger partial charge in [0, 0.05) is 29.8 Å². The van der Waals surface area contributed by atoms with E-state index in [1.54, 1.807) is 12.4 Å². The number of pyridine rings is 2. The van der Waals surface area contributed by atoms with E-state index >= 15 is 0 Å². The highest BCUT2D eigenvalue weighted by Gasteiger charge is 2.25. The lowest BCUT2D eigenvalue weighted by Gasteiger charge is -2.17. The average Bonchev–Trinajstić information content (AvgIpc) is 3.48. The second-order valence-corrected chi connectivity index (χ2v) is 8.02. The minimum atomic E-state index is -0.521. The molecule has 5 aromatic rings. The smallest absolute Gasteiger partial charge is 0.415 e. The number of benzene rings is 1. The van der Waals surface area contributed by atoms with Gasteiger partial charge in [-0.25, -0.2) is 0 Å². The van der Waals surface area contributed by atoms with E-state index in [0.717, 1.165) is 33.6 Å². The zero-order chi connectivity index (χ0) is 23.7. The zero-order valence-corrected chi connectivity index (χ0v) is 19.3. The SMILES string of the molecule is Cc1ccc(-c2nnc(OC(C)c3nnc(-c4ccncc4C)n3-c3ccccc3C)o2)cn1. The van der Waals surface area contributed by atoms with Crippen molar-refractivity contribution >= 4 is 0 Å². The van der Waals surface area contributed by atoms with Crippen molar-refractivity contribution in [2.45, 2.75) is 33.8 Å². The topological polar surface area (TPSA) is 105 Å². The first-order valence-electron chi connectivity index (χ1n) is 10.9. The van der Waals surface area contributed by atoms with Crippen LogP contribution in [0.4, 0.5) is 0 Å². The standard InChI is InChI=1S/C25H23N7O2/c1-15-7-5-6-8-21(15)32-22(28-29-23(32)20-11-12-26-13-16(20)2)18(4)33-25-31-30-24(34-25)19-10-9-17(3)27-14-19/h5-14,18H,1-4H3. The quantitative estimate of drug-likeness (QED) is 0.360. The van der Waals surface area contributed by atoms with Crippen LogP contribution in [0.1, 0.15) is 35.7 Å². The predicted octanol–water partition coefficient (Wildman–Crippen LogP) is 4.84. The summed E-state index contributed by atoms with van der Waals surface area (Å²) in [6.45, 7) is 7.84. The van der Waals surface area contributed by atoms with Crippen LogP contribution in [-0.2, 0) is 0 Å². The first-order valence-corrected chi connectivity index (χ1v) is 10.9. The lowest BCUT2D eigenvalue weighted by Crippen LogP contribution is -2.12. The molecular formula is C25H23N7O2. The van der Waals surface area contributed by atoms with Crippen LogP contribution in [0.5, 0.6) is 6.08 Å². The summed E-state index contributed by atoms with van der Waals surface area (Å²) in [5.41, 5.74) is 5.61. The highest BCUT2D eigenvalue weighted by molar-refractivity contribution is 5.63. The number of rotatable bonds is 6. The van der Waals surface area contributed by atoms with Crippen molar-refractivity contribution in [3.05, 3.63) is 83.7 Å². The normalized spacial score (nSPS) is 12.0. The third kappa shape index (κ3) is 4.03. The molecule has 0 saturated heterocycles. The summed E-state index contributed by atoms with van der Waals surface area (Å²) < 4.78 is 13.7. The maximum Gasteiger partial charge on any atom is 0.415 e. The maximum atomic E-state index is 6.01. The van der Waals surface area contributed by atoms with Gasteiger partial charge in [-0.3, -0.25) is 14.5 Å². The van der Waals surface area contributed by atoms with E-state index < -0.39 is 6.10 Å². The highest BCUT2D eigenvalue weighted by Crippen LogP contribution is 2.31. The van der Waals surface area contributed by atoms with Gasteiger partial charge in [0.15, 0.2) is 17.8 Å². The van der Waals surface area contributed by atoms with Crippen LogP contribution in [0.25, 0.3) is 28.5 Å². The van der Waals surface area contributed by atoms with Gasteiger partial charge in [0.05, 0.1) is 11.3 Å².